The van der Waals surface area contributed by atoms with Gasteiger partial charge in [0.1, 0.15) is 0 Å². The van der Waals surface area contributed by atoms with Crippen molar-refractivity contribution in [2.45, 2.75) is 50.5 Å². The van der Waals surface area contributed by atoms with E-state index < -0.39 is 0 Å². The lowest BCUT2D eigenvalue weighted by atomic mass is 9.94. The molecule has 3 fully saturated rings. The number of nitrogens with two attached hydrogens (primary N) is 1. The molecule has 0 heterocycles. The minimum Gasteiger partial charge on any atom is -0.391 e. The van der Waals surface area contributed by atoms with Gasteiger partial charge in [-0.2, -0.15) is 0 Å². The van der Waals surface area contributed by atoms with Crippen molar-refractivity contribution >= 4 is 23.1 Å². The molecule has 0 aromatic carbocycles. The van der Waals surface area contributed by atoms with Gasteiger partial charge < -0.3 is 11.1 Å². The molecule has 3 aliphatic carbocycles. The number of carbonyl (C=O) groups is 1. The third-order valence-corrected chi connectivity index (χ3v) is 5.30. The van der Waals surface area contributed by atoms with Crippen molar-refractivity contribution in [1.82, 2.24) is 5.32 Å². The summed E-state index contributed by atoms with van der Waals surface area (Å²) >= 11 is 5.16. The van der Waals surface area contributed by atoms with Crippen molar-refractivity contribution in [2.24, 2.45) is 23.5 Å². The lowest BCUT2D eigenvalue weighted by Crippen LogP contribution is -2.56. The Morgan fingerprint density at radius 2 is 1.76 bits per heavy atom. The molecule has 3 rings (SSSR count). The van der Waals surface area contributed by atoms with E-state index in [2.05, 4.69) is 5.32 Å². The van der Waals surface area contributed by atoms with Crippen LogP contribution < -0.4 is 11.1 Å². The summed E-state index contributed by atoms with van der Waals surface area (Å²) < 4.78 is 0. The van der Waals surface area contributed by atoms with Crippen LogP contribution in [0.5, 0.6) is 0 Å². The molecular formula is C13H20N2OS. The Labute approximate surface area is 108 Å². The first-order chi connectivity index (χ1) is 8.11. The fourth-order valence-electron chi connectivity index (χ4n) is 3.68. The Morgan fingerprint density at radius 1 is 1.18 bits per heavy atom. The molecule has 0 bridgehead atoms. The molecule has 0 spiro atoms. The van der Waals surface area contributed by atoms with E-state index in [1.54, 1.807) is 0 Å². The monoisotopic (exact) mass is 252 g/mol. The predicted octanol–water partition coefficient (Wildman–Crippen LogP) is 1.75. The standard InChI is InChI=1S/C13H20N2OS/c14-12(17)13(3-1-2-4-13)15-11(16)10-6-8-5-9(8)7-10/h8-10H,1-7H2,(H2,14,17)(H,15,16). The summed E-state index contributed by atoms with van der Waals surface area (Å²) in [7, 11) is 0. The van der Waals surface area contributed by atoms with Crippen LogP contribution in [0.4, 0.5) is 0 Å². The number of rotatable bonds is 3. The molecule has 3 N–H and O–H groups in total. The second-order valence-electron chi connectivity index (χ2n) is 6.07. The van der Waals surface area contributed by atoms with Crippen LogP contribution in [0.15, 0.2) is 0 Å². The van der Waals surface area contributed by atoms with Crippen LogP contribution >= 0.6 is 12.2 Å². The third kappa shape index (κ3) is 1.96. The molecule has 0 aliphatic heterocycles. The van der Waals surface area contributed by atoms with E-state index in [-0.39, 0.29) is 17.4 Å². The van der Waals surface area contributed by atoms with Gasteiger partial charge in [-0.05, 0) is 43.9 Å². The Bertz CT molecular complexity index is 352. The summed E-state index contributed by atoms with van der Waals surface area (Å²) in [5.74, 6) is 2.11. The molecule has 0 aromatic rings. The fourth-order valence-corrected chi connectivity index (χ4v) is 3.93. The number of thiocarbonyl (C=S) groups is 1. The van der Waals surface area contributed by atoms with Crippen LogP contribution in [0.2, 0.25) is 0 Å². The van der Waals surface area contributed by atoms with Gasteiger partial charge in [-0.15, -0.1) is 0 Å². The minimum atomic E-state index is -0.362. The highest BCUT2D eigenvalue weighted by Crippen LogP contribution is 2.54. The molecule has 2 atom stereocenters. The van der Waals surface area contributed by atoms with Crippen molar-refractivity contribution in [3.63, 3.8) is 0 Å². The molecule has 2 unspecified atom stereocenters. The maximum absolute atomic E-state index is 12.3. The van der Waals surface area contributed by atoms with Gasteiger partial charge in [-0.3, -0.25) is 4.79 Å². The molecule has 17 heavy (non-hydrogen) atoms. The number of fused-ring (bicyclic) bond motifs is 1. The van der Waals surface area contributed by atoms with Gasteiger partial charge in [-0.25, -0.2) is 0 Å². The maximum Gasteiger partial charge on any atom is 0.223 e. The van der Waals surface area contributed by atoms with Gasteiger partial charge in [0.2, 0.25) is 5.91 Å². The highest BCUT2D eigenvalue weighted by Gasteiger charge is 2.49. The zero-order valence-electron chi connectivity index (χ0n) is 10.1. The number of hydrogen-bond acceptors (Lipinski definition) is 2. The number of carbonyl (C=O) groups excluding carboxylic acids is 1. The molecule has 3 saturated carbocycles. The van der Waals surface area contributed by atoms with Crippen LogP contribution in [-0.2, 0) is 4.79 Å². The van der Waals surface area contributed by atoms with E-state index in [9.17, 15) is 4.79 Å². The molecule has 1 amide bonds. The van der Waals surface area contributed by atoms with Crippen LogP contribution in [0.1, 0.15) is 44.9 Å². The Hall–Kier alpha value is -0.640. The molecule has 0 radical (unpaired) electrons. The summed E-state index contributed by atoms with van der Waals surface area (Å²) in [6, 6.07) is 0. The second-order valence-corrected chi connectivity index (χ2v) is 6.51. The van der Waals surface area contributed by atoms with E-state index in [4.69, 9.17) is 18.0 Å². The Balaban J connectivity index is 1.64. The topological polar surface area (TPSA) is 55.1 Å². The summed E-state index contributed by atoms with van der Waals surface area (Å²) in [6.07, 6.45) is 7.61. The van der Waals surface area contributed by atoms with Gasteiger partial charge in [0.15, 0.2) is 0 Å². The molecular weight excluding hydrogens is 232 g/mol. The first-order valence-corrected chi connectivity index (χ1v) is 7.13. The first-order valence-electron chi connectivity index (χ1n) is 6.73. The number of nitrogens with one attached hydrogen (secondary N) is 1. The van der Waals surface area contributed by atoms with E-state index in [0.29, 0.717) is 4.99 Å². The Kier molecular flexibility index (Phi) is 2.65. The predicted molar refractivity (Wildman–Crippen MR) is 70.4 cm³/mol. The normalized spacial score (nSPS) is 37.5. The zero-order valence-corrected chi connectivity index (χ0v) is 10.9. The van der Waals surface area contributed by atoms with Crippen LogP contribution in [-0.4, -0.2) is 16.4 Å². The third-order valence-electron chi connectivity index (χ3n) is 4.91. The van der Waals surface area contributed by atoms with Crippen LogP contribution in [0.3, 0.4) is 0 Å². The minimum absolute atomic E-state index is 0.201. The fraction of sp³-hybridized carbons (Fsp3) is 0.846. The van der Waals surface area contributed by atoms with Crippen molar-refractivity contribution in [1.29, 1.82) is 0 Å². The highest BCUT2D eigenvalue weighted by atomic mass is 32.1. The van der Waals surface area contributed by atoms with Gasteiger partial charge >= 0.3 is 0 Å². The number of amides is 1. The molecule has 0 saturated heterocycles. The molecule has 3 aliphatic rings. The molecule has 0 aromatic heterocycles. The second kappa shape index (κ2) is 3.94. The lowest BCUT2D eigenvalue weighted by molar-refractivity contribution is -0.126. The van der Waals surface area contributed by atoms with Crippen molar-refractivity contribution in [3.05, 3.63) is 0 Å². The smallest absolute Gasteiger partial charge is 0.223 e. The van der Waals surface area contributed by atoms with E-state index in [1.807, 2.05) is 0 Å². The van der Waals surface area contributed by atoms with Gasteiger partial charge in [0.25, 0.3) is 0 Å². The van der Waals surface area contributed by atoms with Crippen molar-refractivity contribution in [3.8, 4) is 0 Å². The average molecular weight is 252 g/mol. The van der Waals surface area contributed by atoms with E-state index in [1.165, 1.54) is 6.42 Å². The lowest BCUT2D eigenvalue weighted by Gasteiger charge is -2.30. The van der Waals surface area contributed by atoms with Crippen LogP contribution in [0, 0.1) is 17.8 Å². The summed E-state index contributed by atoms with van der Waals surface area (Å²) in [5, 5.41) is 3.17. The van der Waals surface area contributed by atoms with Gasteiger partial charge in [-0.1, -0.05) is 25.1 Å². The van der Waals surface area contributed by atoms with Crippen molar-refractivity contribution in [2.75, 3.05) is 0 Å². The van der Waals surface area contributed by atoms with E-state index >= 15 is 0 Å². The molecule has 3 nitrogen and oxygen atoms in total. The quantitative estimate of drug-likeness (QED) is 0.752. The molecule has 94 valence electrons. The summed E-state index contributed by atoms with van der Waals surface area (Å²) in [4.78, 5) is 12.7. The summed E-state index contributed by atoms with van der Waals surface area (Å²) in [5.41, 5.74) is 5.47. The first kappa shape index (κ1) is 11.5. The molecule has 4 heteroatoms. The van der Waals surface area contributed by atoms with Crippen LogP contribution in [0.25, 0.3) is 0 Å². The summed E-state index contributed by atoms with van der Waals surface area (Å²) in [6.45, 7) is 0. The van der Waals surface area contributed by atoms with E-state index in [0.717, 1.165) is 50.4 Å². The highest BCUT2D eigenvalue weighted by molar-refractivity contribution is 7.80. The van der Waals surface area contributed by atoms with Gasteiger partial charge in [0.05, 0.1) is 10.5 Å². The Morgan fingerprint density at radius 3 is 2.29 bits per heavy atom. The number of hydrogen-bond donors (Lipinski definition) is 2. The average Bonchev–Trinajstić information content (AvgIpc) is 2.76. The van der Waals surface area contributed by atoms with Crippen molar-refractivity contribution < 1.29 is 4.79 Å². The SMILES string of the molecule is NC(=S)C1(NC(=O)C2CC3CC3C2)CCCC1. The zero-order chi connectivity index (χ0) is 12.0. The largest absolute Gasteiger partial charge is 0.391 e. The maximum atomic E-state index is 12.3. The van der Waals surface area contributed by atoms with Gasteiger partial charge in [0, 0.05) is 5.92 Å².